The first kappa shape index (κ1) is 20.5. The van der Waals surface area contributed by atoms with Crippen molar-refractivity contribution in [1.29, 1.82) is 0 Å². The zero-order valence-corrected chi connectivity index (χ0v) is 17.2. The van der Waals surface area contributed by atoms with E-state index in [1.807, 2.05) is 25.7 Å². The van der Waals surface area contributed by atoms with Crippen LogP contribution in [0.15, 0.2) is 0 Å². The summed E-state index contributed by atoms with van der Waals surface area (Å²) in [6.07, 6.45) is 1.47. The highest BCUT2D eigenvalue weighted by Crippen LogP contribution is 2.39. The maximum atomic E-state index is 12.5. The Morgan fingerprint density at radius 1 is 1.22 bits per heavy atom. The van der Waals surface area contributed by atoms with E-state index in [2.05, 4.69) is 33.9 Å². The van der Waals surface area contributed by atoms with Gasteiger partial charge in [-0.1, -0.05) is 20.8 Å². The van der Waals surface area contributed by atoms with E-state index in [4.69, 9.17) is 14.9 Å². The number of ether oxygens (including phenoxy) is 1. The van der Waals surface area contributed by atoms with Crippen molar-refractivity contribution in [3.8, 4) is 0 Å². The van der Waals surface area contributed by atoms with Gasteiger partial charge in [0, 0.05) is 12.6 Å². The second kappa shape index (κ2) is 7.11. The second-order valence-corrected chi connectivity index (χ2v) is 13.9. The van der Waals surface area contributed by atoms with Gasteiger partial charge >= 0.3 is 6.09 Å². The molecule has 1 aliphatic rings. The van der Waals surface area contributed by atoms with Crippen LogP contribution in [0.1, 0.15) is 54.4 Å². The molecule has 0 bridgehead atoms. The van der Waals surface area contributed by atoms with E-state index in [9.17, 15) is 4.79 Å². The van der Waals surface area contributed by atoms with Crippen LogP contribution in [0, 0.1) is 0 Å². The zero-order chi connectivity index (χ0) is 18.1. The number of carbonyl (C=O) groups excluding carboxylic acids is 1. The SMILES string of the molecule is CC(C)(C)OC(=O)N1CC(O[Si](C)(C)C(C)(C)C)CC1CCN. The van der Waals surface area contributed by atoms with E-state index in [1.54, 1.807) is 0 Å². The van der Waals surface area contributed by atoms with Gasteiger partial charge in [0.15, 0.2) is 8.32 Å². The molecule has 0 aromatic rings. The molecular formula is C17H36N2O3Si. The molecule has 2 atom stereocenters. The van der Waals surface area contributed by atoms with Gasteiger partial charge < -0.3 is 19.8 Å². The van der Waals surface area contributed by atoms with Crippen molar-refractivity contribution in [2.75, 3.05) is 13.1 Å². The van der Waals surface area contributed by atoms with Gasteiger partial charge in [-0.05, 0) is 58.3 Å². The lowest BCUT2D eigenvalue weighted by atomic mass is 10.1. The van der Waals surface area contributed by atoms with Crippen LogP contribution in [-0.2, 0) is 9.16 Å². The first-order valence-corrected chi connectivity index (χ1v) is 11.5. The van der Waals surface area contributed by atoms with Crippen molar-refractivity contribution in [2.45, 2.75) is 90.3 Å². The molecule has 0 spiro atoms. The molecule has 1 heterocycles. The minimum Gasteiger partial charge on any atom is -0.444 e. The molecule has 23 heavy (non-hydrogen) atoms. The van der Waals surface area contributed by atoms with Gasteiger partial charge in [0.2, 0.25) is 0 Å². The smallest absolute Gasteiger partial charge is 0.410 e. The number of carbonyl (C=O) groups is 1. The molecule has 2 unspecified atom stereocenters. The maximum absolute atomic E-state index is 12.5. The summed E-state index contributed by atoms with van der Waals surface area (Å²) < 4.78 is 12.0. The second-order valence-electron chi connectivity index (χ2n) is 9.10. The molecular weight excluding hydrogens is 308 g/mol. The highest BCUT2D eigenvalue weighted by atomic mass is 28.4. The average Bonchev–Trinajstić information content (AvgIpc) is 2.68. The molecule has 1 saturated heterocycles. The van der Waals surface area contributed by atoms with E-state index in [0.717, 1.165) is 12.8 Å². The predicted molar refractivity (Wildman–Crippen MR) is 97.1 cm³/mol. The van der Waals surface area contributed by atoms with Crippen molar-refractivity contribution in [1.82, 2.24) is 4.90 Å². The number of amides is 1. The van der Waals surface area contributed by atoms with Crippen LogP contribution in [0.5, 0.6) is 0 Å². The minimum atomic E-state index is -1.84. The highest BCUT2D eigenvalue weighted by molar-refractivity contribution is 6.74. The van der Waals surface area contributed by atoms with E-state index in [0.29, 0.717) is 13.1 Å². The number of hydrogen-bond acceptors (Lipinski definition) is 4. The van der Waals surface area contributed by atoms with Crippen LogP contribution in [0.2, 0.25) is 18.1 Å². The predicted octanol–water partition coefficient (Wildman–Crippen LogP) is 3.74. The topological polar surface area (TPSA) is 64.8 Å². The fraction of sp³-hybridized carbons (Fsp3) is 0.941. The van der Waals surface area contributed by atoms with Crippen LogP contribution in [0.25, 0.3) is 0 Å². The summed E-state index contributed by atoms with van der Waals surface area (Å²) in [4.78, 5) is 14.3. The van der Waals surface area contributed by atoms with Crippen molar-refractivity contribution < 1.29 is 14.0 Å². The Balaban J connectivity index is 2.80. The molecule has 1 fully saturated rings. The summed E-state index contributed by atoms with van der Waals surface area (Å²) >= 11 is 0. The summed E-state index contributed by atoms with van der Waals surface area (Å²) in [5.74, 6) is 0. The lowest BCUT2D eigenvalue weighted by Crippen LogP contribution is -2.45. The third-order valence-corrected chi connectivity index (χ3v) is 9.31. The Bertz CT molecular complexity index is 413. The van der Waals surface area contributed by atoms with E-state index in [-0.39, 0.29) is 23.3 Å². The summed E-state index contributed by atoms with van der Waals surface area (Å²) in [6, 6.07) is 0.115. The Labute approximate surface area is 143 Å². The number of nitrogens with two attached hydrogens (primary N) is 1. The average molecular weight is 345 g/mol. The maximum Gasteiger partial charge on any atom is 0.410 e. The Kier molecular flexibility index (Phi) is 6.32. The van der Waals surface area contributed by atoms with Crippen LogP contribution >= 0.6 is 0 Å². The molecule has 5 nitrogen and oxygen atoms in total. The third-order valence-electron chi connectivity index (χ3n) is 4.77. The van der Waals surface area contributed by atoms with Crippen molar-refractivity contribution >= 4 is 14.4 Å². The molecule has 1 aliphatic heterocycles. The quantitative estimate of drug-likeness (QED) is 0.789. The summed E-state index contributed by atoms with van der Waals surface area (Å²) in [7, 11) is -1.84. The van der Waals surface area contributed by atoms with Gasteiger partial charge in [-0.2, -0.15) is 0 Å². The number of rotatable bonds is 4. The largest absolute Gasteiger partial charge is 0.444 e. The van der Waals surface area contributed by atoms with Crippen molar-refractivity contribution in [3.05, 3.63) is 0 Å². The zero-order valence-electron chi connectivity index (χ0n) is 16.2. The van der Waals surface area contributed by atoms with Gasteiger partial charge in [-0.3, -0.25) is 0 Å². The minimum absolute atomic E-state index is 0.0833. The molecule has 0 radical (unpaired) electrons. The van der Waals surface area contributed by atoms with Crippen molar-refractivity contribution in [3.63, 3.8) is 0 Å². The van der Waals surface area contributed by atoms with Gasteiger partial charge in [-0.15, -0.1) is 0 Å². The molecule has 2 N–H and O–H groups in total. The van der Waals surface area contributed by atoms with E-state index >= 15 is 0 Å². The molecule has 0 saturated carbocycles. The van der Waals surface area contributed by atoms with Gasteiger partial charge in [0.05, 0.1) is 6.10 Å². The Morgan fingerprint density at radius 3 is 2.22 bits per heavy atom. The number of likely N-dealkylation sites (tertiary alicyclic amines) is 1. The van der Waals surface area contributed by atoms with E-state index in [1.165, 1.54) is 0 Å². The van der Waals surface area contributed by atoms with E-state index < -0.39 is 13.9 Å². The molecule has 0 aromatic carbocycles. The Hall–Kier alpha value is -0.593. The molecule has 0 aromatic heterocycles. The highest BCUT2D eigenvalue weighted by Gasteiger charge is 2.44. The molecule has 6 heteroatoms. The lowest BCUT2D eigenvalue weighted by molar-refractivity contribution is 0.0206. The monoisotopic (exact) mass is 344 g/mol. The molecule has 1 rings (SSSR count). The standard InChI is InChI=1S/C17H36N2O3Si/c1-16(2,3)21-15(20)19-12-14(11-13(19)9-10-18)22-23(7,8)17(4,5)6/h13-14H,9-12,18H2,1-8H3. The fourth-order valence-electron chi connectivity index (χ4n) is 2.56. The molecule has 0 aliphatic carbocycles. The first-order chi connectivity index (χ1) is 10.3. The first-order valence-electron chi connectivity index (χ1n) is 8.64. The van der Waals surface area contributed by atoms with Crippen LogP contribution < -0.4 is 5.73 Å². The third kappa shape index (κ3) is 5.76. The van der Waals surface area contributed by atoms with Crippen LogP contribution in [0.3, 0.4) is 0 Å². The normalized spacial score (nSPS) is 23.3. The number of nitrogens with zero attached hydrogens (tertiary/aromatic N) is 1. The van der Waals surface area contributed by atoms with Gasteiger partial charge in [0.25, 0.3) is 0 Å². The lowest BCUT2D eigenvalue weighted by Gasteiger charge is -2.38. The van der Waals surface area contributed by atoms with Gasteiger partial charge in [0.1, 0.15) is 5.60 Å². The van der Waals surface area contributed by atoms with Crippen LogP contribution in [0.4, 0.5) is 4.79 Å². The Morgan fingerprint density at radius 2 is 1.78 bits per heavy atom. The fourth-order valence-corrected chi connectivity index (χ4v) is 3.92. The summed E-state index contributed by atoms with van der Waals surface area (Å²) in [5, 5.41) is 0.162. The number of hydrogen-bond donors (Lipinski definition) is 1. The van der Waals surface area contributed by atoms with Crippen LogP contribution in [-0.4, -0.2) is 50.1 Å². The summed E-state index contributed by atoms with van der Waals surface area (Å²) in [6.45, 7) is 18.0. The molecule has 136 valence electrons. The summed E-state index contributed by atoms with van der Waals surface area (Å²) in [5.41, 5.74) is 5.25. The molecule has 1 amide bonds. The van der Waals surface area contributed by atoms with Crippen molar-refractivity contribution in [2.24, 2.45) is 5.73 Å². The van der Waals surface area contributed by atoms with Gasteiger partial charge in [-0.25, -0.2) is 4.79 Å².